The topological polar surface area (TPSA) is 133 Å². The molecule has 4 N–H and O–H groups in total. The summed E-state index contributed by atoms with van der Waals surface area (Å²) in [5, 5.41) is 0. The number of fused-ring (bicyclic) bond motifs is 23. The predicted molar refractivity (Wildman–Crippen MR) is 379 cm³/mol. The number of H-pyrrole nitrogens is 4. The minimum Gasteiger partial charge on any atom is -0.457 e. The Morgan fingerprint density at radius 2 is 0.593 bits per heavy atom. The van der Waals surface area contributed by atoms with Gasteiger partial charge in [-0.15, -0.1) is 0 Å². The lowest BCUT2D eigenvalue weighted by atomic mass is 9.78. The van der Waals surface area contributed by atoms with Crippen LogP contribution in [0.4, 0.5) is 0 Å². The van der Waals surface area contributed by atoms with Crippen LogP contribution < -0.4 is 9.47 Å². The molecule has 450 valence electrons. The zero-order valence-electron chi connectivity index (χ0n) is 53.8. The highest BCUT2D eigenvalue weighted by atomic mass is 16.7. The first-order valence-electron chi connectivity index (χ1n) is 31.6. The van der Waals surface area contributed by atoms with Crippen LogP contribution in [0.1, 0.15) is 151 Å². The van der Waals surface area contributed by atoms with E-state index in [-0.39, 0.29) is 28.5 Å². The van der Waals surface area contributed by atoms with Crippen molar-refractivity contribution in [3.05, 3.63) is 213 Å². The van der Waals surface area contributed by atoms with E-state index < -0.39 is 0 Å². The molecule has 10 heteroatoms. The highest BCUT2D eigenvalue weighted by molar-refractivity contribution is 6.05. The number of hydrogen-bond acceptors (Lipinski definition) is 6. The Labute approximate surface area is 531 Å². The maximum absolute atomic E-state index is 6.47. The molecule has 15 rings (SSSR count). The van der Waals surface area contributed by atoms with Crippen molar-refractivity contribution in [1.82, 2.24) is 39.9 Å². The van der Waals surface area contributed by atoms with Crippen LogP contribution in [0.3, 0.4) is 0 Å². The minimum atomic E-state index is -0.138. The van der Waals surface area contributed by atoms with E-state index in [0.29, 0.717) is 11.5 Å². The van der Waals surface area contributed by atoms with Crippen molar-refractivity contribution in [2.24, 2.45) is 0 Å². The molecule has 24 bridgehead atoms. The lowest BCUT2D eigenvalue weighted by Crippen LogP contribution is -2.16. The number of aromatic amines is 4. The molecule has 6 aromatic heterocycles. The second-order valence-corrected chi connectivity index (χ2v) is 28.8. The first kappa shape index (κ1) is 57.1. The van der Waals surface area contributed by atoms with Gasteiger partial charge in [0.15, 0.2) is 0 Å². The molecule has 5 aliphatic heterocycles. The molecule has 0 unspecified atom stereocenters. The summed E-state index contributed by atoms with van der Waals surface area (Å²) >= 11 is 0. The molecule has 10 aromatic rings. The molecule has 10 nitrogen and oxygen atoms in total. The molecule has 0 saturated heterocycles. The number of ether oxygens (including phenoxy) is 2. The Morgan fingerprint density at radius 3 is 0.967 bits per heavy atom. The van der Waals surface area contributed by atoms with Crippen LogP contribution in [0.5, 0.6) is 11.5 Å². The lowest BCUT2D eigenvalue weighted by molar-refractivity contribution is 0.120. The second-order valence-electron chi connectivity index (χ2n) is 28.8. The second kappa shape index (κ2) is 21.2. The summed E-state index contributed by atoms with van der Waals surface area (Å²) in [7, 11) is 0. The third kappa shape index (κ3) is 10.7. The molecular weight excluding hydrogens is 1120 g/mol. The van der Waals surface area contributed by atoms with Gasteiger partial charge in [0.05, 0.1) is 45.6 Å². The van der Waals surface area contributed by atoms with E-state index in [2.05, 4.69) is 273 Å². The van der Waals surface area contributed by atoms with Gasteiger partial charge in [0.2, 0.25) is 6.79 Å². The van der Waals surface area contributed by atoms with Crippen molar-refractivity contribution in [3.8, 4) is 67.1 Å². The number of aromatic nitrogens is 8. The van der Waals surface area contributed by atoms with Gasteiger partial charge in [-0.2, -0.15) is 0 Å². The zero-order chi connectivity index (χ0) is 62.9. The SMILES string of the molecule is CC(C)(C)c1cc(-c2c3nc(c4c5ccc([nH]5)c(c5nc(cc6ccc2[nH]6)C=C5)-c2cccc(c2)OCOc2cccc(c2)-c2c5nc(cc6ccc([nH]6)c(-c6cc(C(C)(C)C)cc(C(C)(C)C)c6)c6nc(c-4c4ccc2[nH]4)C=C6)C=C5)C=C3)cc(C(C)(C)C)c1. The van der Waals surface area contributed by atoms with Gasteiger partial charge in [0, 0.05) is 77.5 Å². The van der Waals surface area contributed by atoms with Crippen molar-refractivity contribution in [2.45, 2.75) is 105 Å². The summed E-state index contributed by atoms with van der Waals surface area (Å²) in [6, 6.07) is 52.1. The number of benzene rings is 4. The maximum atomic E-state index is 6.47. The number of hydrogen-bond donors (Lipinski definition) is 4. The Balaban J connectivity index is 1.15. The quantitative estimate of drug-likeness (QED) is 0.136. The van der Waals surface area contributed by atoms with E-state index in [1.54, 1.807) is 0 Å². The number of nitrogens with zero attached hydrogens (tertiary/aromatic N) is 4. The smallest absolute Gasteiger partial charge is 0.230 e. The third-order valence-corrected chi connectivity index (χ3v) is 18.0. The fraction of sp³-hybridized carbons (Fsp3) is 0.210. The average molecular weight is 1190 g/mol. The van der Waals surface area contributed by atoms with Gasteiger partial charge in [0.25, 0.3) is 0 Å². The summed E-state index contributed by atoms with van der Waals surface area (Å²) in [5.74, 6) is 1.30. The molecule has 0 amide bonds. The van der Waals surface area contributed by atoms with Crippen molar-refractivity contribution in [2.75, 3.05) is 6.79 Å². The number of nitrogens with one attached hydrogen (secondary N) is 4. The summed E-state index contributed by atoms with van der Waals surface area (Å²) < 4.78 is 12.9. The molecule has 0 saturated carbocycles. The highest BCUT2D eigenvalue weighted by Gasteiger charge is 2.28. The summed E-state index contributed by atoms with van der Waals surface area (Å²) in [5.41, 5.74) is 27.4. The normalized spacial score (nSPS) is 13.7. The fourth-order valence-electron chi connectivity index (χ4n) is 12.9. The van der Waals surface area contributed by atoms with Crippen molar-refractivity contribution < 1.29 is 9.47 Å². The molecule has 0 fully saturated rings. The lowest BCUT2D eigenvalue weighted by Gasteiger charge is -2.26. The standard InChI is InChI=1S/C81H74N8O2/c1-78(2,3)50-35-48(36-51(41-50)79(4,5)6)74-62-25-21-56(84-62)43-54-19-23-60(82-54)72-46-15-13-17-58(39-46)90-45-91-59-18-14-16-47(40-59)73-61-24-20-55(83-61)44-57-22-26-63(85-57)75(49-37-52(80(7,8)9)42-53(38-49)81(10,11)12)67-30-34-71(89-67)77(69-32-28-65(73)87-69)76(68-31-27-64(72)86-68)70-33-29-66(74)88-70/h13-44,84-87H,45H2,1-12H3. The van der Waals surface area contributed by atoms with Gasteiger partial charge in [-0.3, -0.25) is 0 Å². The molecule has 4 aromatic carbocycles. The summed E-state index contributed by atoms with van der Waals surface area (Å²) in [4.78, 5) is 38.4. The molecule has 0 spiro atoms. The third-order valence-electron chi connectivity index (χ3n) is 18.0. The van der Waals surface area contributed by atoms with Crippen LogP contribution in [0, 0.1) is 0 Å². The van der Waals surface area contributed by atoms with Crippen molar-refractivity contribution >= 4 is 92.7 Å². The van der Waals surface area contributed by atoms with Crippen LogP contribution in [-0.2, 0) is 21.7 Å². The Hall–Kier alpha value is -10.3. The maximum Gasteiger partial charge on any atom is 0.230 e. The summed E-state index contributed by atoms with van der Waals surface area (Å²) in [6.07, 6.45) is 17.1. The van der Waals surface area contributed by atoms with Crippen LogP contribution in [-0.4, -0.2) is 46.7 Å². The molecule has 11 heterocycles. The van der Waals surface area contributed by atoms with Gasteiger partial charge in [-0.1, -0.05) is 144 Å². The van der Waals surface area contributed by atoms with Gasteiger partial charge in [-0.25, -0.2) is 19.9 Å². The van der Waals surface area contributed by atoms with E-state index >= 15 is 0 Å². The minimum absolute atomic E-state index is 0.0215. The highest BCUT2D eigenvalue weighted by Crippen LogP contribution is 2.45. The van der Waals surface area contributed by atoms with E-state index in [1.807, 2.05) is 24.3 Å². The summed E-state index contributed by atoms with van der Waals surface area (Å²) in [6.45, 7) is 27.5. The van der Waals surface area contributed by atoms with Crippen LogP contribution in [0.25, 0.3) is 148 Å². The monoisotopic (exact) mass is 1190 g/mol. The Kier molecular flexibility index (Phi) is 13.3. The van der Waals surface area contributed by atoms with Gasteiger partial charge >= 0.3 is 0 Å². The zero-order valence-corrected chi connectivity index (χ0v) is 53.8. The Morgan fingerprint density at radius 1 is 0.286 bits per heavy atom. The predicted octanol–water partition coefficient (Wildman–Crippen LogP) is 20.9. The van der Waals surface area contributed by atoms with Crippen LogP contribution in [0.2, 0.25) is 0 Å². The van der Waals surface area contributed by atoms with Crippen LogP contribution >= 0.6 is 0 Å². The molecule has 91 heavy (non-hydrogen) atoms. The molecule has 5 aliphatic rings. The molecule has 0 radical (unpaired) electrons. The van der Waals surface area contributed by atoms with E-state index in [0.717, 1.165) is 145 Å². The van der Waals surface area contributed by atoms with Gasteiger partial charge in [0.1, 0.15) is 11.5 Å². The van der Waals surface area contributed by atoms with E-state index in [9.17, 15) is 0 Å². The molecule has 0 atom stereocenters. The first-order valence-corrected chi connectivity index (χ1v) is 31.6. The largest absolute Gasteiger partial charge is 0.457 e. The average Bonchev–Trinajstić information content (AvgIpc) is 1.67. The van der Waals surface area contributed by atoms with Crippen LogP contribution in [0.15, 0.2) is 146 Å². The molecular formula is C81H74N8O2. The van der Waals surface area contributed by atoms with Crippen molar-refractivity contribution in [3.63, 3.8) is 0 Å². The van der Waals surface area contributed by atoms with Gasteiger partial charge < -0.3 is 29.4 Å². The number of rotatable bonds is 2. The fourth-order valence-corrected chi connectivity index (χ4v) is 12.9. The Bertz CT molecular complexity index is 4810. The van der Waals surface area contributed by atoms with Crippen molar-refractivity contribution in [1.29, 1.82) is 0 Å². The van der Waals surface area contributed by atoms with Gasteiger partial charge in [-0.05, 0) is 200 Å². The first-order chi connectivity index (χ1) is 43.5. The molecule has 0 aliphatic carbocycles. The van der Waals surface area contributed by atoms with E-state index in [1.165, 1.54) is 22.3 Å². The van der Waals surface area contributed by atoms with E-state index in [4.69, 9.17) is 29.4 Å².